The highest BCUT2D eigenvalue weighted by Gasteiger charge is 2.19. The van der Waals surface area contributed by atoms with Gasteiger partial charge in [-0.15, -0.1) is 0 Å². The van der Waals surface area contributed by atoms with E-state index in [-0.39, 0.29) is 19.1 Å². The lowest BCUT2D eigenvalue weighted by atomic mass is 9.95. The lowest BCUT2D eigenvalue weighted by Crippen LogP contribution is -2.36. The van der Waals surface area contributed by atoms with Crippen LogP contribution in [0.25, 0.3) is 11.1 Å². The predicted octanol–water partition coefficient (Wildman–Crippen LogP) is 2.30. The van der Waals surface area contributed by atoms with Crippen LogP contribution in [0.4, 0.5) is 0 Å². The Morgan fingerprint density at radius 3 is 2.50 bits per heavy atom. The number of ether oxygens (including phenoxy) is 1. The van der Waals surface area contributed by atoms with Crippen molar-refractivity contribution >= 4 is 5.91 Å². The van der Waals surface area contributed by atoms with Crippen molar-refractivity contribution < 1.29 is 14.6 Å². The van der Waals surface area contributed by atoms with Crippen LogP contribution in [0.3, 0.4) is 0 Å². The average Bonchev–Trinajstić information content (AvgIpc) is 2.61. The Balaban J connectivity index is 2.35. The molecule has 0 aliphatic heterocycles. The molecule has 1 N–H and O–H groups in total. The van der Waals surface area contributed by atoms with Gasteiger partial charge in [0.05, 0.1) is 24.3 Å². The van der Waals surface area contributed by atoms with E-state index in [1.54, 1.807) is 31.3 Å². The molecule has 24 heavy (non-hydrogen) atoms. The zero-order valence-electron chi connectivity index (χ0n) is 13.8. The molecule has 124 valence electrons. The number of benzene rings is 2. The number of hydrogen-bond acceptors (Lipinski definition) is 4. The van der Waals surface area contributed by atoms with E-state index in [0.717, 1.165) is 5.56 Å². The van der Waals surface area contributed by atoms with E-state index < -0.39 is 6.10 Å². The SMILES string of the molecule is COCC(O)CN(C)C(=O)c1ccccc1-c1ccccc1C#N. The number of carbonyl (C=O) groups excluding carboxylic acids is 1. The van der Waals surface area contributed by atoms with Gasteiger partial charge in [0.25, 0.3) is 5.91 Å². The van der Waals surface area contributed by atoms with Gasteiger partial charge in [-0.2, -0.15) is 5.26 Å². The summed E-state index contributed by atoms with van der Waals surface area (Å²) in [5.41, 5.74) is 2.43. The molecule has 5 nitrogen and oxygen atoms in total. The van der Waals surface area contributed by atoms with E-state index in [4.69, 9.17) is 4.74 Å². The van der Waals surface area contributed by atoms with Gasteiger partial charge in [-0.25, -0.2) is 0 Å². The van der Waals surface area contributed by atoms with Crippen LogP contribution in [-0.2, 0) is 4.74 Å². The number of hydrogen-bond donors (Lipinski definition) is 1. The number of nitrogens with zero attached hydrogens (tertiary/aromatic N) is 2. The molecule has 1 amide bonds. The highest BCUT2D eigenvalue weighted by molar-refractivity contribution is 6.01. The van der Waals surface area contributed by atoms with Gasteiger partial charge in [0.2, 0.25) is 0 Å². The maximum absolute atomic E-state index is 12.8. The summed E-state index contributed by atoms with van der Waals surface area (Å²) in [4.78, 5) is 14.2. The zero-order valence-corrected chi connectivity index (χ0v) is 13.8. The Labute approximate surface area is 141 Å². The molecule has 0 aromatic heterocycles. The van der Waals surface area contributed by atoms with Crippen LogP contribution in [-0.4, -0.2) is 49.3 Å². The quantitative estimate of drug-likeness (QED) is 0.885. The Hall–Kier alpha value is -2.68. The van der Waals surface area contributed by atoms with Gasteiger partial charge in [-0.3, -0.25) is 4.79 Å². The summed E-state index contributed by atoms with van der Waals surface area (Å²) >= 11 is 0. The molecule has 0 spiro atoms. The summed E-state index contributed by atoms with van der Waals surface area (Å²) in [6, 6.07) is 16.5. The second-order valence-electron chi connectivity index (χ2n) is 5.50. The van der Waals surface area contributed by atoms with Crippen molar-refractivity contribution in [1.29, 1.82) is 5.26 Å². The van der Waals surface area contributed by atoms with Crippen LogP contribution in [0.15, 0.2) is 48.5 Å². The first kappa shape index (κ1) is 17.7. The van der Waals surface area contributed by atoms with Crippen molar-refractivity contribution in [3.05, 3.63) is 59.7 Å². The molecule has 2 aromatic carbocycles. The first-order chi connectivity index (χ1) is 11.6. The largest absolute Gasteiger partial charge is 0.389 e. The van der Waals surface area contributed by atoms with E-state index in [9.17, 15) is 15.2 Å². The van der Waals surface area contributed by atoms with Crippen LogP contribution >= 0.6 is 0 Å². The minimum atomic E-state index is -0.748. The third-order valence-electron chi connectivity index (χ3n) is 3.69. The normalized spacial score (nSPS) is 11.6. The van der Waals surface area contributed by atoms with Crippen molar-refractivity contribution in [3.63, 3.8) is 0 Å². The maximum atomic E-state index is 12.8. The van der Waals surface area contributed by atoms with Crippen LogP contribution in [0.5, 0.6) is 0 Å². The van der Waals surface area contributed by atoms with Crippen LogP contribution in [0.2, 0.25) is 0 Å². The second-order valence-corrected chi connectivity index (χ2v) is 5.50. The molecule has 1 unspecified atom stereocenters. The summed E-state index contributed by atoms with van der Waals surface area (Å²) in [5.74, 6) is -0.214. The minimum Gasteiger partial charge on any atom is -0.389 e. The molecule has 0 saturated heterocycles. The number of amides is 1. The predicted molar refractivity (Wildman–Crippen MR) is 91.4 cm³/mol. The van der Waals surface area contributed by atoms with Gasteiger partial charge in [-0.05, 0) is 17.7 Å². The molecule has 0 bridgehead atoms. The lowest BCUT2D eigenvalue weighted by molar-refractivity contribution is 0.0380. The molecule has 0 aliphatic rings. The zero-order chi connectivity index (χ0) is 17.5. The number of rotatable bonds is 6. The Morgan fingerprint density at radius 2 is 1.83 bits per heavy atom. The molecule has 2 aromatic rings. The van der Waals surface area contributed by atoms with Gasteiger partial charge < -0.3 is 14.7 Å². The Bertz CT molecular complexity index is 752. The molecule has 0 heterocycles. The number of aliphatic hydroxyl groups excluding tert-OH is 1. The maximum Gasteiger partial charge on any atom is 0.254 e. The standard InChI is InChI=1S/C19H20N2O3/c1-21(12-15(22)13-24-2)19(23)18-10-6-5-9-17(18)16-8-4-3-7-14(16)11-20/h3-10,15,22H,12-13H2,1-2H3. The smallest absolute Gasteiger partial charge is 0.254 e. The van der Waals surface area contributed by atoms with Crippen molar-refractivity contribution in [3.8, 4) is 17.2 Å². The summed E-state index contributed by atoms with van der Waals surface area (Å²) in [6.07, 6.45) is -0.748. The van der Waals surface area contributed by atoms with E-state index in [0.29, 0.717) is 16.7 Å². The fraction of sp³-hybridized carbons (Fsp3) is 0.263. The molecular weight excluding hydrogens is 304 g/mol. The fourth-order valence-corrected chi connectivity index (χ4v) is 2.57. The van der Waals surface area contributed by atoms with Crippen LogP contribution in [0.1, 0.15) is 15.9 Å². The van der Waals surface area contributed by atoms with Gasteiger partial charge >= 0.3 is 0 Å². The first-order valence-corrected chi connectivity index (χ1v) is 7.59. The molecule has 1 atom stereocenters. The van der Waals surface area contributed by atoms with Crippen molar-refractivity contribution in [2.75, 3.05) is 27.3 Å². The van der Waals surface area contributed by atoms with Crippen LogP contribution in [0, 0.1) is 11.3 Å². The highest BCUT2D eigenvalue weighted by Crippen LogP contribution is 2.27. The number of methoxy groups -OCH3 is 1. The van der Waals surface area contributed by atoms with Gasteiger partial charge in [0, 0.05) is 31.8 Å². The molecule has 0 aliphatic carbocycles. The molecule has 0 radical (unpaired) electrons. The third-order valence-corrected chi connectivity index (χ3v) is 3.69. The van der Waals surface area contributed by atoms with E-state index >= 15 is 0 Å². The topological polar surface area (TPSA) is 73.6 Å². The van der Waals surface area contributed by atoms with Crippen LogP contribution < -0.4 is 0 Å². The summed E-state index contributed by atoms with van der Waals surface area (Å²) in [6.45, 7) is 0.331. The van der Waals surface area contributed by atoms with E-state index in [1.807, 2.05) is 24.3 Å². The highest BCUT2D eigenvalue weighted by atomic mass is 16.5. The van der Waals surface area contributed by atoms with E-state index in [1.165, 1.54) is 12.0 Å². The van der Waals surface area contributed by atoms with Crippen molar-refractivity contribution in [2.24, 2.45) is 0 Å². The summed E-state index contributed by atoms with van der Waals surface area (Å²) < 4.78 is 4.89. The van der Waals surface area contributed by atoms with Gasteiger partial charge in [0.15, 0.2) is 0 Å². The summed E-state index contributed by atoms with van der Waals surface area (Å²) in [5, 5.41) is 19.1. The lowest BCUT2D eigenvalue weighted by Gasteiger charge is -2.22. The number of aliphatic hydroxyl groups is 1. The van der Waals surface area contributed by atoms with Crippen molar-refractivity contribution in [1.82, 2.24) is 4.90 Å². The molecular formula is C19H20N2O3. The second kappa shape index (κ2) is 8.25. The average molecular weight is 324 g/mol. The van der Waals surface area contributed by atoms with Gasteiger partial charge in [0.1, 0.15) is 0 Å². The van der Waals surface area contributed by atoms with E-state index in [2.05, 4.69) is 6.07 Å². The fourth-order valence-electron chi connectivity index (χ4n) is 2.57. The molecule has 0 saturated carbocycles. The molecule has 0 fully saturated rings. The Kier molecular flexibility index (Phi) is 6.07. The van der Waals surface area contributed by atoms with Gasteiger partial charge in [-0.1, -0.05) is 36.4 Å². The minimum absolute atomic E-state index is 0.163. The first-order valence-electron chi connectivity index (χ1n) is 7.59. The van der Waals surface area contributed by atoms with Crippen molar-refractivity contribution in [2.45, 2.75) is 6.10 Å². The third kappa shape index (κ3) is 3.99. The number of likely N-dealkylation sites (N-methyl/N-ethyl adjacent to an activating group) is 1. The summed E-state index contributed by atoms with van der Waals surface area (Å²) in [7, 11) is 3.13. The number of carbonyl (C=O) groups is 1. The molecule has 5 heteroatoms. The Morgan fingerprint density at radius 1 is 1.21 bits per heavy atom. The number of nitriles is 1. The molecule has 2 rings (SSSR count). The monoisotopic (exact) mass is 324 g/mol.